The van der Waals surface area contributed by atoms with Crippen LogP contribution in [-0.4, -0.2) is 25.5 Å². The number of nitrogens with one attached hydrogen (secondary N) is 1. The van der Waals surface area contributed by atoms with Crippen molar-refractivity contribution in [1.82, 2.24) is 5.32 Å². The minimum Gasteiger partial charge on any atom is -0.371 e. The molecule has 0 saturated carbocycles. The summed E-state index contributed by atoms with van der Waals surface area (Å²) < 4.78 is 5.84. The summed E-state index contributed by atoms with van der Waals surface area (Å²) in [5.74, 6) is 0.884. The van der Waals surface area contributed by atoms with Crippen LogP contribution in [0.15, 0.2) is 29.3 Å². The number of hydrogen-bond acceptors (Lipinski definition) is 3. The summed E-state index contributed by atoms with van der Waals surface area (Å²) in [6, 6.07) is 7.78. The van der Waals surface area contributed by atoms with Gasteiger partial charge in [0.15, 0.2) is 0 Å². The predicted molar refractivity (Wildman–Crippen MR) is 79.9 cm³/mol. The van der Waals surface area contributed by atoms with E-state index in [1.165, 1.54) is 0 Å². The van der Waals surface area contributed by atoms with E-state index < -0.39 is 0 Å². The van der Waals surface area contributed by atoms with Gasteiger partial charge in [-0.2, -0.15) is 0 Å². The van der Waals surface area contributed by atoms with E-state index in [0.29, 0.717) is 6.61 Å². The molecular formula is C15H21ClN2O. The van der Waals surface area contributed by atoms with Crippen molar-refractivity contribution in [2.45, 2.75) is 26.9 Å². The topological polar surface area (TPSA) is 33.6 Å². The Labute approximate surface area is 120 Å². The van der Waals surface area contributed by atoms with E-state index in [0.717, 1.165) is 29.5 Å². The molecule has 0 spiro atoms. The van der Waals surface area contributed by atoms with Crippen LogP contribution < -0.4 is 5.32 Å². The molecule has 1 N–H and O–H groups in total. The summed E-state index contributed by atoms with van der Waals surface area (Å²) in [4.78, 5) is 4.64. The number of rotatable bonds is 4. The highest BCUT2D eigenvalue weighted by molar-refractivity contribution is 6.31. The van der Waals surface area contributed by atoms with E-state index in [4.69, 9.17) is 16.3 Å². The Bertz CT molecular complexity index is 471. The van der Waals surface area contributed by atoms with E-state index in [9.17, 15) is 0 Å². The second-order valence-corrected chi connectivity index (χ2v) is 5.98. The number of aliphatic imine (C=N–C) groups is 1. The average molecular weight is 281 g/mol. The second-order valence-electron chi connectivity index (χ2n) is 5.58. The minimum atomic E-state index is -0.199. The molecule has 0 aromatic heterocycles. The molecule has 1 aromatic rings. The Balaban J connectivity index is 2.27. The highest BCUT2D eigenvalue weighted by atomic mass is 35.5. The van der Waals surface area contributed by atoms with Crippen LogP contribution in [-0.2, 0) is 4.74 Å². The summed E-state index contributed by atoms with van der Waals surface area (Å²) in [6.45, 7) is 8.72. The van der Waals surface area contributed by atoms with E-state index in [-0.39, 0.29) is 11.5 Å². The Hall–Kier alpha value is -1.06. The van der Waals surface area contributed by atoms with E-state index in [1.807, 2.05) is 31.2 Å². The first-order valence-corrected chi connectivity index (χ1v) is 7.05. The molecule has 104 valence electrons. The van der Waals surface area contributed by atoms with E-state index in [1.54, 1.807) is 0 Å². The number of nitrogens with zero attached hydrogens (tertiary/aromatic N) is 1. The Kier molecular flexibility index (Phi) is 4.48. The highest BCUT2D eigenvalue weighted by Gasteiger charge is 2.28. The molecule has 0 saturated heterocycles. The molecule has 0 fully saturated rings. The number of hydrogen-bond donors (Lipinski definition) is 1. The molecule has 1 heterocycles. The van der Waals surface area contributed by atoms with Crippen LogP contribution in [0, 0.1) is 5.41 Å². The van der Waals surface area contributed by atoms with Gasteiger partial charge in [0.2, 0.25) is 0 Å². The van der Waals surface area contributed by atoms with Gasteiger partial charge in [-0.15, -0.1) is 0 Å². The maximum Gasteiger partial charge on any atom is 0.141 e. The Morgan fingerprint density at radius 1 is 1.42 bits per heavy atom. The molecule has 0 amide bonds. The van der Waals surface area contributed by atoms with Gasteiger partial charge < -0.3 is 10.1 Å². The SMILES string of the molecule is CCO[C@H](C1=NCC(C)(C)CN1)c1ccccc1Cl. The van der Waals surface area contributed by atoms with Gasteiger partial charge in [-0.3, -0.25) is 4.99 Å². The van der Waals surface area contributed by atoms with Crippen molar-refractivity contribution in [3.63, 3.8) is 0 Å². The molecule has 1 atom stereocenters. The maximum absolute atomic E-state index is 6.27. The molecule has 0 unspecified atom stereocenters. The monoisotopic (exact) mass is 280 g/mol. The lowest BCUT2D eigenvalue weighted by atomic mass is 9.92. The number of amidine groups is 1. The highest BCUT2D eigenvalue weighted by Crippen LogP contribution is 2.28. The number of benzene rings is 1. The molecular weight excluding hydrogens is 260 g/mol. The van der Waals surface area contributed by atoms with Crippen LogP contribution in [0.4, 0.5) is 0 Å². The molecule has 1 aromatic carbocycles. The molecule has 0 aliphatic carbocycles. The fourth-order valence-corrected chi connectivity index (χ4v) is 2.32. The third kappa shape index (κ3) is 3.48. The fraction of sp³-hybridized carbons (Fsp3) is 0.533. The third-order valence-electron chi connectivity index (χ3n) is 3.19. The summed E-state index contributed by atoms with van der Waals surface area (Å²) in [5.41, 5.74) is 1.16. The lowest BCUT2D eigenvalue weighted by Crippen LogP contribution is -2.43. The third-order valence-corrected chi connectivity index (χ3v) is 3.54. The molecule has 3 nitrogen and oxygen atoms in total. The van der Waals surface area contributed by atoms with Gasteiger partial charge in [-0.25, -0.2) is 0 Å². The lowest BCUT2D eigenvalue weighted by molar-refractivity contribution is 0.105. The van der Waals surface area contributed by atoms with Crippen LogP contribution in [0.1, 0.15) is 32.4 Å². The van der Waals surface area contributed by atoms with Gasteiger partial charge in [0.25, 0.3) is 0 Å². The summed E-state index contributed by atoms with van der Waals surface area (Å²) in [5, 5.41) is 4.10. The van der Waals surface area contributed by atoms with Gasteiger partial charge in [-0.1, -0.05) is 43.6 Å². The second kappa shape index (κ2) is 5.93. The van der Waals surface area contributed by atoms with Crippen molar-refractivity contribution < 1.29 is 4.74 Å². The molecule has 1 aliphatic rings. The predicted octanol–water partition coefficient (Wildman–Crippen LogP) is 3.45. The van der Waals surface area contributed by atoms with Crippen molar-refractivity contribution in [3.05, 3.63) is 34.9 Å². The molecule has 0 bridgehead atoms. The minimum absolute atomic E-state index is 0.195. The van der Waals surface area contributed by atoms with Crippen LogP contribution in [0.25, 0.3) is 0 Å². The first-order valence-electron chi connectivity index (χ1n) is 6.68. The average Bonchev–Trinajstić information content (AvgIpc) is 2.38. The zero-order valence-corrected chi connectivity index (χ0v) is 12.5. The summed E-state index contributed by atoms with van der Waals surface area (Å²) in [7, 11) is 0. The van der Waals surface area contributed by atoms with Crippen LogP contribution >= 0.6 is 11.6 Å². The van der Waals surface area contributed by atoms with Gasteiger partial charge >= 0.3 is 0 Å². The molecule has 2 rings (SSSR count). The van der Waals surface area contributed by atoms with Gasteiger partial charge in [-0.05, 0) is 13.0 Å². The summed E-state index contributed by atoms with van der Waals surface area (Å²) >= 11 is 6.27. The first kappa shape index (κ1) is 14.4. The van der Waals surface area contributed by atoms with Crippen molar-refractivity contribution in [2.24, 2.45) is 10.4 Å². The van der Waals surface area contributed by atoms with Crippen molar-refractivity contribution in [1.29, 1.82) is 0 Å². The van der Waals surface area contributed by atoms with Crippen LogP contribution in [0.3, 0.4) is 0 Å². The van der Waals surface area contributed by atoms with E-state index in [2.05, 4.69) is 24.2 Å². The van der Waals surface area contributed by atoms with Crippen molar-refractivity contribution in [2.75, 3.05) is 19.7 Å². The van der Waals surface area contributed by atoms with Gasteiger partial charge in [0.05, 0.1) is 0 Å². The Morgan fingerprint density at radius 2 is 2.16 bits per heavy atom. The first-order chi connectivity index (χ1) is 9.03. The Morgan fingerprint density at radius 3 is 2.74 bits per heavy atom. The van der Waals surface area contributed by atoms with Crippen molar-refractivity contribution in [3.8, 4) is 0 Å². The van der Waals surface area contributed by atoms with E-state index >= 15 is 0 Å². The quantitative estimate of drug-likeness (QED) is 0.916. The smallest absolute Gasteiger partial charge is 0.141 e. The molecule has 0 radical (unpaired) electrons. The van der Waals surface area contributed by atoms with Crippen LogP contribution in [0.2, 0.25) is 5.02 Å². The normalized spacial score (nSPS) is 19.5. The zero-order chi connectivity index (χ0) is 13.9. The molecule has 4 heteroatoms. The zero-order valence-electron chi connectivity index (χ0n) is 11.7. The lowest BCUT2D eigenvalue weighted by Gasteiger charge is -2.32. The van der Waals surface area contributed by atoms with Crippen LogP contribution in [0.5, 0.6) is 0 Å². The summed E-state index contributed by atoms with van der Waals surface area (Å²) in [6.07, 6.45) is -0.199. The van der Waals surface area contributed by atoms with Gasteiger partial charge in [0.1, 0.15) is 11.9 Å². The van der Waals surface area contributed by atoms with Crippen molar-refractivity contribution >= 4 is 17.4 Å². The number of halogens is 1. The maximum atomic E-state index is 6.27. The standard InChI is InChI=1S/C15H21ClN2O/c1-4-19-13(11-7-5-6-8-12(11)16)14-17-9-15(2,3)10-18-14/h5-8,13H,4,9-10H2,1-3H3,(H,17,18)/t13-/m0/s1. The molecule has 19 heavy (non-hydrogen) atoms. The number of ether oxygens (including phenoxy) is 1. The van der Waals surface area contributed by atoms with Gasteiger partial charge in [0, 0.05) is 35.7 Å². The molecule has 1 aliphatic heterocycles. The fourth-order valence-electron chi connectivity index (χ4n) is 2.09. The largest absolute Gasteiger partial charge is 0.371 e.